The average molecular weight is 315 g/mol. The summed E-state index contributed by atoms with van der Waals surface area (Å²) in [7, 11) is 0. The zero-order chi connectivity index (χ0) is 16.4. The molecular weight excluding hydrogens is 294 g/mol. The van der Waals surface area contributed by atoms with Crippen LogP contribution in [0.4, 0.5) is 0 Å². The zero-order valence-electron chi connectivity index (χ0n) is 13.2. The molecule has 0 aliphatic carbocycles. The Labute approximate surface area is 134 Å². The van der Waals surface area contributed by atoms with Gasteiger partial charge < -0.3 is 10.4 Å². The number of aryl methyl sites for hydroxylation is 1. The van der Waals surface area contributed by atoms with Gasteiger partial charge in [-0.15, -0.1) is 0 Å². The number of aliphatic hydroxyl groups is 1. The van der Waals surface area contributed by atoms with E-state index < -0.39 is 6.10 Å². The van der Waals surface area contributed by atoms with Crippen LogP contribution in [0.1, 0.15) is 24.8 Å². The average Bonchev–Trinajstić information content (AvgIpc) is 2.52. The first-order chi connectivity index (χ1) is 11.0. The summed E-state index contributed by atoms with van der Waals surface area (Å²) in [6, 6.07) is 5.24. The maximum Gasteiger partial charge on any atom is 0.261 e. The number of aromatic nitrogens is 2. The molecule has 1 aromatic heterocycles. The second-order valence-electron chi connectivity index (χ2n) is 6.21. The van der Waals surface area contributed by atoms with Crippen molar-refractivity contribution in [2.24, 2.45) is 0 Å². The Bertz CT molecular complexity index is 784. The number of rotatable bonds is 4. The van der Waals surface area contributed by atoms with Crippen LogP contribution in [-0.4, -0.2) is 39.1 Å². The second kappa shape index (κ2) is 6.60. The molecule has 2 heterocycles. The van der Waals surface area contributed by atoms with Gasteiger partial charge in [-0.2, -0.15) is 0 Å². The third-order valence-corrected chi connectivity index (χ3v) is 4.32. The Hall–Kier alpha value is -2.05. The Morgan fingerprint density at radius 2 is 2.30 bits per heavy atom. The fourth-order valence-electron chi connectivity index (χ4n) is 3.02. The molecule has 3 rings (SSSR count). The maximum atomic E-state index is 12.4. The van der Waals surface area contributed by atoms with Crippen LogP contribution in [0.3, 0.4) is 0 Å². The van der Waals surface area contributed by atoms with Crippen molar-refractivity contribution in [1.29, 1.82) is 0 Å². The highest BCUT2D eigenvalue weighted by Gasteiger charge is 2.24. The van der Waals surface area contributed by atoms with E-state index in [1.165, 1.54) is 10.9 Å². The van der Waals surface area contributed by atoms with E-state index in [9.17, 15) is 14.7 Å². The molecule has 2 N–H and O–H groups in total. The van der Waals surface area contributed by atoms with Gasteiger partial charge >= 0.3 is 0 Å². The summed E-state index contributed by atoms with van der Waals surface area (Å²) < 4.78 is 1.34. The number of Topliss-reactive ketones (excluding diaryl/α,β-unsaturated/α-hetero) is 1. The third-order valence-electron chi connectivity index (χ3n) is 4.32. The molecule has 0 unspecified atom stereocenters. The lowest BCUT2D eigenvalue weighted by Crippen LogP contribution is -2.46. The zero-order valence-corrected chi connectivity index (χ0v) is 13.2. The van der Waals surface area contributed by atoms with E-state index in [0.29, 0.717) is 17.3 Å². The molecule has 0 bridgehead atoms. The Morgan fingerprint density at radius 3 is 3.09 bits per heavy atom. The van der Waals surface area contributed by atoms with Crippen LogP contribution in [0, 0.1) is 6.92 Å². The van der Waals surface area contributed by atoms with Crippen molar-refractivity contribution in [2.45, 2.75) is 44.9 Å². The fraction of sp³-hybridized carbons (Fsp3) is 0.471. The van der Waals surface area contributed by atoms with Crippen molar-refractivity contribution in [3.63, 3.8) is 0 Å². The molecule has 1 saturated heterocycles. The van der Waals surface area contributed by atoms with Crippen LogP contribution in [0.5, 0.6) is 0 Å². The first kappa shape index (κ1) is 15.8. The molecule has 23 heavy (non-hydrogen) atoms. The van der Waals surface area contributed by atoms with E-state index in [4.69, 9.17) is 0 Å². The molecule has 2 aromatic rings. The Balaban J connectivity index is 1.76. The van der Waals surface area contributed by atoms with E-state index >= 15 is 0 Å². The van der Waals surface area contributed by atoms with E-state index in [1.54, 1.807) is 6.07 Å². The number of carbonyl (C=O) groups is 1. The smallest absolute Gasteiger partial charge is 0.261 e. The predicted octanol–water partition coefficient (Wildman–Crippen LogP) is 0.777. The topological polar surface area (TPSA) is 84.2 Å². The van der Waals surface area contributed by atoms with Crippen LogP contribution in [-0.2, 0) is 11.3 Å². The van der Waals surface area contributed by atoms with Crippen molar-refractivity contribution in [2.75, 3.05) is 6.54 Å². The van der Waals surface area contributed by atoms with Gasteiger partial charge in [-0.3, -0.25) is 14.2 Å². The van der Waals surface area contributed by atoms with Crippen molar-refractivity contribution < 1.29 is 9.90 Å². The lowest BCUT2D eigenvalue weighted by Gasteiger charge is -2.28. The molecule has 122 valence electrons. The fourth-order valence-corrected chi connectivity index (χ4v) is 3.02. The summed E-state index contributed by atoms with van der Waals surface area (Å²) >= 11 is 0. The number of ketones is 1. The summed E-state index contributed by atoms with van der Waals surface area (Å²) in [4.78, 5) is 28.9. The van der Waals surface area contributed by atoms with Gasteiger partial charge in [0.05, 0.1) is 29.9 Å². The van der Waals surface area contributed by atoms with Gasteiger partial charge in [0, 0.05) is 12.5 Å². The first-order valence-electron chi connectivity index (χ1n) is 7.93. The number of hydrogen-bond donors (Lipinski definition) is 2. The van der Waals surface area contributed by atoms with Crippen LogP contribution in [0.25, 0.3) is 10.9 Å². The SMILES string of the molecule is Cc1ccc2c(=O)n(CC(=O)C[C@H]3NCCC[C@@H]3O)cnc2c1. The number of carbonyl (C=O) groups excluding carboxylic acids is 1. The number of benzene rings is 1. The quantitative estimate of drug-likeness (QED) is 0.871. The molecule has 1 fully saturated rings. The lowest BCUT2D eigenvalue weighted by molar-refractivity contribution is -0.121. The van der Waals surface area contributed by atoms with Crippen LogP contribution in [0.15, 0.2) is 29.3 Å². The lowest BCUT2D eigenvalue weighted by atomic mass is 9.97. The van der Waals surface area contributed by atoms with Gasteiger partial charge in [0.2, 0.25) is 0 Å². The monoisotopic (exact) mass is 315 g/mol. The molecule has 6 nitrogen and oxygen atoms in total. The minimum Gasteiger partial charge on any atom is -0.391 e. The van der Waals surface area contributed by atoms with Gasteiger partial charge in [0.1, 0.15) is 0 Å². The van der Waals surface area contributed by atoms with Crippen LogP contribution in [0.2, 0.25) is 0 Å². The van der Waals surface area contributed by atoms with Crippen LogP contribution < -0.4 is 10.9 Å². The number of nitrogens with zero attached hydrogens (tertiary/aromatic N) is 2. The highest BCUT2D eigenvalue weighted by atomic mass is 16.3. The largest absolute Gasteiger partial charge is 0.391 e. The first-order valence-corrected chi connectivity index (χ1v) is 7.93. The molecule has 0 amide bonds. The van der Waals surface area contributed by atoms with Crippen LogP contribution >= 0.6 is 0 Å². The predicted molar refractivity (Wildman–Crippen MR) is 87.4 cm³/mol. The normalized spacial score (nSPS) is 21.5. The number of nitrogens with one attached hydrogen (secondary N) is 1. The molecule has 0 spiro atoms. The van der Waals surface area contributed by atoms with E-state index in [-0.39, 0.29) is 30.3 Å². The van der Waals surface area contributed by atoms with E-state index in [2.05, 4.69) is 10.3 Å². The standard InChI is InChI=1S/C17H21N3O3/c1-11-4-5-13-14(7-11)19-10-20(17(13)23)9-12(21)8-15-16(22)3-2-6-18-15/h4-5,7,10,15-16,18,22H,2-3,6,8-9H2,1H3/t15-,16+/m1/s1. The van der Waals surface area contributed by atoms with Crippen molar-refractivity contribution >= 4 is 16.7 Å². The Morgan fingerprint density at radius 1 is 1.48 bits per heavy atom. The number of fused-ring (bicyclic) bond motifs is 1. The van der Waals surface area contributed by atoms with Gasteiger partial charge in [-0.05, 0) is 44.0 Å². The molecular formula is C17H21N3O3. The summed E-state index contributed by atoms with van der Waals surface area (Å²) in [5, 5.41) is 13.6. The molecule has 0 saturated carbocycles. The molecule has 2 atom stereocenters. The van der Waals surface area contributed by atoms with Gasteiger partial charge in [0.15, 0.2) is 5.78 Å². The molecule has 1 aliphatic heterocycles. The summed E-state index contributed by atoms with van der Waals surface area (Å²) in [6.07, 6.45) is 2.77. The highest BCUT2D eigenvalue weighted by Crippen LogP contribution is 2.12. The van der Waals surface area contributed by atoms with E-state index in [1.807, 2.05) is 19.1 Å². The summed E-state index contributed by atoms with van der Waals surface area (Å²) in [6.45, 7) is 2.74. The van der Waals surface area contributed by atoms with Gasteiger partial charge in [-0.1, -0.05) is 6.07 Å². The Kier molecular flexibility index (Phi) is 4.54. The summed E-state index contributed by atoms with van der Waals surface area (Å²) in [5.41, 5.74) is 1.47. The third kappa shape index (κ3) is 3.48. The van der Waals surface area contributed by atoms with Crippen molar-refractivity contribution in [3.8, 4) is 0 Å². The maximum absolute atomic E-state index is 12.4. The minimum absolute atomic E-state index is 0.0133. The summed E-state index contributed by atoms with van der Waals surface area (Å²) in [5.74, 6) is -0.0844. The van der Waals surface area contributed by atoms with Gasteiger partial charge in [-0.25, -0.2) is 4.98 Å². The molecule has 1 aromatic carbocycles. The molecule has 0 radical (unpaired) electrons. The second-order valence-corrected chi connectivity index (χ2v) is 6.21. The van der Waals surface area contributed by atoms with E-state index in [0.717, 1.165) is 18.5 Å². The van der Waals surface area contributed by atoms with Crippen molar-refractivity contribution in [1.82, 2.24) is 14.9 Å². The van der Waals surface area contributed by atoms with Crippen molar-refractivity contribution in [3.05, 3.63) is 40.4 Å². The molecule has 6 heteroatoms. The number of aliphatic hydroxyl groups excluding tert-OH is 1. The number of piperidine rings is 1. The molecule has 1 aliphatic rings. The minimum atomic E-state index is -0.498. The number of hydrogen-bond acceptors (Lipinski definition) is 5. The highest BCUT2D eigenvalue weighted by molar-refractivity contribution is 5.80. The van der Waals surface area contributed by atoms with Gasteiger partial charge in [0.25, 0.3) is 5.56 Å².